The van der Waals surface area contributed by atoms with Crippen molar-refractivity contribution in [2.45, 2.75) is 40.0 Å². The molecular formula is C12H20. The topological polar surface area (TPSA) is 0 Å². The number of rotatable bonds is 5. The first-order valence-corrected chi connectivity index (χ1v) is 4.59. The highest BCUT2D eigenvalue weighted by atomic mass is 13.9. The first kappa shape index (κ1) is 11.2. The van der Waals surface area contributed by atoms with E-state index in [-0.39, 0.29) is 0 Å². The van der Waals surface area contributed by atoms with Crippen LogP contribution in [0, 0.1) is 0 Å². The highest BCUT2D eigenvalue weighted by Gasteiger charge is 1.83. The Morgan fingerprint density at radius 3 is 2.17 bits per heavy atom. The first-order chi connectivity index (χ1) is 5.66. The van der Waals surface area contributed by atoms with Gasteiger partial charge in [0.05, 0.1) is 0 Å². The second kappa shape index (κ2) is 6.90. The Labute approximate surface area is 76.7 Å². The second-order valence-electron chi connectivity index (χ2n) is 3.36. The van der Waals surface area contributed by atoms with Crippen LogP contribution < -0.4 is 0 Å². The summed E-state index contributed by atoms with van der Waals surface area (Å²) < 4.78 is 0. The molecule has 0 bridgehead atoms. The largest absolute Gasteiger partial charge is 0.0988 e. The van der Waals surface area contributed by atoms with Gasteiger partial charge in [0.15, 0.2) is 0 Å². The zero-order chi connectivity index (χ0) is 9.40. The molecule has 0 atom stereocenters. The molecule has 0 aliphatic heterocycles. The molecule has 0 radical (unpaired) electrons. The molecule has 0 saturated heterocycles. The van der Waals surface area contributed by atoms with Crippen LogP contribution in [0.5, 0.6) is 0 Å². The number of unbranched alkanes of at least 4 members (excludes halogenated alkanes) is 2. The third kappa shape index (κ3) is 7.33. The minimum Gasteiger partial charge on any atom is -0.0988 e. The van der Waals surface area contributed by atoms with Crippen molar-refractivity contribution in [2.24, 2.45) is 0 Å². The van der Waals surface area contributed by atoms with Gasteiger partial charge in [0.1, 0.15) is 0 Å². The van der Waals surface area contributed by atoms with Gasteiger partial charge >= 0.3 is 0 Å². The summed E-state index contributed by atoms with van der Waals surface area (Å²) in [4.78, 5) is 0. The van der Waals surface area contributed by atoms with E-state index in [0.717, 1.165) is 0 Å². The van der Waals surface area contributed by atoms with Gasteiger partial charge in [-0.15, -0.1) is 0 Å². The third-order valence-corrected chi connectivity index (χ3v) is 1.75. The fraction of sp³-hybridized carbons (Fsp3) is 0.500. The van der Waals surface area contributed by atoms with Gasteiger partial charge in [0, 0.05) is 0 Å². The van der Waals surface area contributed by atoms with E-state index in [0.29, 0.717) is 0 Å². The number of hydrogen-bond donors (Lipinski definition) is 0. The van der Waals surface area contributed by atoms with E-state index in [9.17, 15) is 0 Å². The second-order valence-corrected chi connectivity index (χ2v) is 3.36. The lowest BCUT2D eigenvalue weighted by atomic mass is 10.1. The van der Waals surface area contributed by atoms with Crippen LogP contribution in [0.1, 0.15) is 40.0 Å². The maximum absolute atomic E-state index is 3.71. The van der Waals surface area contributed by atoms with E-state index in [1.165, 1.54) is 30.4 Å². The van der Waals surface area contributed by atoms with Crippen LogP contribution in [0.15, 0.2) is 36.0 Å². The molecule has 68 valence electrons. The standard InChI is InChI=1S/C12H20/c1-5-12(4)10-8-6-7-9-11(2)3/h5,9-10H,1,6-8H2,2-4H3/b12-10+. The predicted octanol–water partition coefficient (Wildman–Crippen LogP) is 4.26. The molecule has 0 rings (SSSR count). The maximum atomic E-state index is 3.71. The van der Waals surface area contributed by atoms with Crippen LogP contribution in [0.4, 0.5) is 0 Å². The van der Waals surface area contributed by atoms with Crippen molar-refractivity contribution in [3.05, 3.63) is 36.0 Å². The molecule has 0 aliphatic carbocycles. The minimum atomic E-state index is 1.17. The average molecular weight is 164 g/mol. The van der Waals surface area contributed by atoms with E-state index in [1.807, 2.05) is 6.08 Å². The molecule has 12 heavy (non-hydrogen) atoms. The Morgan fingerprint density at radius 1 is 1.08 bits per heavy atom. The normalized spacial score (nSPS) is 11.1. The summed E-state index contributed by atoms with van der Waals surface area (Å²) in [5.41, 5.74) is 2.70. The molecule has 0 aromatic rings. The molecule has 0 fully saturated rings. The van der Waals surface area contributed by atoms with Crippen molar-refractivity contribution in [1.29, 1.82) is 0 Å². The van der Waals surface area contributed by atoms with Gasteiger partial charge < -0.3 is 0 Å². The lowest BCUT2D eigenvalue weighted by Crippen LogP contribution is -1.73. The molecule has 0 unspecified atom stereocenters. The van der Waals surface area contributed by atoms with E-state index < -0.39 is 0 Å². The van der Waals surface area contributed by atoms with Gasteiger partial charge in [-0.05, 0) is 40.0 Å². The lowest BCUT2D eigenvalue weighted by molar-refractivity contribution is 0.859. The Balaban J connectivity index is 3.45. The molecule has 0 spiro atoms. The van der Waals surface area contributed by atoms with Gasteiger partial charge in [0.2, 0.25) is 0 Å². The molecule has 0 heterocycles. The summed E-state index contributed by atoms with van der Waals surface area (Å²) in [6.07, 6.45) is 10.0. The molecule has 0 amide bonds. The summed E-state index contributed by atoms with van der Waals surface area (Å²) in [5, 5.41) is 0. The average Bonchev–Trinajstić information content (AvgIpc) is 2.03. The smallest absolute Gasteiger partial charge is 0.0342 e. The van der Waals surface area contributed by atoms with Crippen LogP contribution in [0.25, 0.3) is 0 Å². The van der Waals surface area contributed by atoms with Gasteiger partial charge in [-0.1, -0.05) is 36.0 Å². The molecule has 0 aliphatic rings. The monoisotopic (exact) mass is 164 g/mol. The third-order valence-electron chi connectivity index (χ3n) is 1.75. The maximum Gasteiger partial charge on any atom is -0.0342 e. The molecule has 0 N–H and O–H groups in total. The molecule has 0 aromatic carbocycles. The summed E-state index contributed by atoms with van der Waals surface area (Å²) in [7, 11) is 0. The van der Waals surface area contributed by atoms with E-state index in [1.54, 1.807) is 0 Å². The number of hydrogen-bond acceptors (Lipinski definition) is 0. The Kier molecular flexibility index (Phi) is 6.45. The molecule has 0 nitrogen and oxygen atoms in total. The van der Waals surface area contributed by atoms with Crippen molar-refractivity contribution >= 4 is 0 Å². The van der Waals surface area contributed by atoms with Crippen LogP contribution in [-0.4, -0.2) is 0 Å². The highest BCUT2D eigenvalue weighted by molar-refractivity contribution is 5.12. The SMILES string of the molecule is C=C/C(C)=C/CCCC=C(C)C. The number of allylic oxidation sites excluding steroid dienone is 5. The van der Waals surface area contributed by atoms with Gasteiger partial charge in [-0.25, -0.2) is 0 Å². The van der Waals surface area contributed by atoms with Crippen molar-refractivity contribution in [3.63, 3.8) is 0 Å². The minimum absolute atomic E-state index is 1.17. The Hall–Kier alpha value is -0.780. The van der Waals surface area contributed by atoms with Crippen LogP contribution in [0.3, 0.4) is 0 Å². The molecular weight excluding hydrogens is 144 g/mol. The Morgan fingerprint density at radius 2 is 1.67 bits per heavy atom. The van der Waals surface area contributed by atoms with Crippen LogP contribution >= 0.6 is 0 Å². The molecule has 0 saturated carbocycles. The van der Waals surface area contributed by atoms with Gasteiger partial charge in [-0.3, -0.25) is 0 Å². The van der Waals surface area contributed by atoms with E-state index in [4.69, 9.17) is 0 Å². The summed E-state index contributed by atoms with van der Waals surface area (Å²) in [6, 6.07) is 0. The van der Waals surface area contributed by atoms with E-state index in [2.05, 4.69) is 39.5 Å². The van der Waals surface area contributed by atoms with Crippen molar-refractivity contribution in [3.8, 4) is 0 Å². The zero-order valence-electron chi connectivity index (χ0n) is 8.56. The van der Waals surface area contributed by atoms with Crippen LogP contribution in [-0.2, 0) is 0 Å². The predicted molar refractivity (Wildman–Crippen MR) is 57.2 cm³/mol. The Bertz CT molecular complexity index is 178. The lowest BCUT2D eigenvalue weighted by Gasteiger charge is -1.93. The fourth-order valence-electron chi connectivity index (χ4n) is 0.922. The van der Waals surface area contributed by atoms with Crippen molar-refractivity contribution in [1.82, 2.24) is 0 Å². The van der Waals surface area contributed by atoms with Gasteiger partial charge in [-0.2, -0.15) is 0 Å². The van der Waals surface area contributed by atoms with E-state index >= 15 is 0 Å². The summed E-state index contributed by atoms with van der Waals surface area (Å²) in [6.45, 7) is 10.1. The molecule has 0 heteroatoms. The molecule has 0 aromatic heterocycles. The zero-order valence-corrected chi connectivity index (χ0v) is 8.56. The first-order valence-electron chi connectivity index (χ1n) is 4.59. The summed E-state index contributed by atoms with van der Waals surface area (Å²) in [5.74, 6) is 0. The van der Waals surface area contributed by atoms with Crippen molar-refractivity contribution in [2.75, 3.05) is 0 Å². The summed E-state index contributed by atoms with van der Waals surface area (Å²) >= 11 is 0. The van der Waals surface area contributed by atoms with Crippen molar-refractivity contribution < 1.29 is 0 Å². The fourth-order valence-corrected chi connectivity index (χ4v) is 0.922. The van der Waals surface area contributed by atoms with Gasteiger partial charge in [0.25, 0.3) is 0 Å². The highest BCUT2D eigenvalue weighted by Crippen LogP contribution is 2.04. The quantitative estimate of drug-likeness (QED) is 0.323. The van der Waals surface area contributed by atoms with Crippen LogP contribution in [0.2, 0.25) is 0 Å².